The Bertz CT molecular complexity index is 264. The van der Waals surface area contributed by atoms with Crippen LogP contribution in [0.1, 0.15) is 4.88 Å². The standard InChI is InChI=1S/C9H10O2S/c1-2-7(9(10)11)6-8-4-3-5-12-8/h2-5,7H,1,6H2,(H,10,11). The molecular weight excluding hydrogens is 172 g/mol. The molecule has 3 heteroatoms. The topological polar surface area (TPSA) is 37.3 Å². The molecule has 0 radical (unpaired) electrons. The van der Waals surface area contributed by atoms with Crippen LogP contribution in [0.25, 0.3) is 0 Å². The fraction of sp³-hybridized carbons (Fsp3) is 0.222. The van der Waals surface area contributed by atoms with Crippen molar-refractivity contribution in [3.63, 3.8) is 0 Å². The molecule has 0 saturated heterocycles. The molecular formula is C9H10O2S. The van der Waals surface area contributed by atoms with Crippen molar-refractivity contribution < 1.29 is 9.90 Å². The summed E-state index contributed by atoms with van der Waals surface area (Å²) in [5, 5.41) is 10.6. The van der Waals surface area contributed by atoms with E-state index in [-0.39, 0.29) is 0 Å². The minimum atomic E-state index is -0.807. The summed E-state index contributed by atoms with van der Waals surface area (Å²) < 4.78 is 0. The molecule has 2 nitrogen and oxygen atoms in total. The number of carboxylic acid groups (broad SMARTS) is 1. The number of thiophene rings is 1. The lowest BCUT2D eigenvalue weighted by Gasteiger charge is -2.03. The first kappa shape index (κ1) is 9.00. The van der Waals surface area contributed by atoms with Crippen LogP contribution in [0.4, 0.5) is 0 Å². The zero-order chi connectivity index (χ0) is 8.97. The van der Waals surface area contributed by atoms with Gasteiger partial charge in [-0.2, -0.15) is 0 Å². The van der Waals surface area contributed by atoms with E-state index in [4.69, 9.17) is 5.11 Å². The van der Waals surface area contributed by atoms with Gasteiger partial charge in [-0.05, 0) is 17.9 Å². The maximum absolute atomic E-state index is 10.6. The molecule has 0 bridgehead atoms. The first-order valence-corrected chi connectivity index (χ1v) is 4.49. The van der Waals surface area contributed by atoms with Crippen LogP contribution in [-0.4, -0.2) is 11.1 Å². The van der Waals surface area contributed by atoms with Crippen molar-refractivity contribution >= 4 is 17.3 Å². The normalized spacial score (nSPS) is 12.3. The van der Waals surface area contributed by atoms with Crippen molar-refractivity contribution in [3.05, 3.63) is 35.0 Å². The van der Waals surface area contributed by atoms with Crippen molar-refractivity contribution in [2.24, 2.45) is 5.92 Å². The second-order valence-corrected chi connectivity index (χ2v) is 3.50. The molecule has 0 fully saturated rings. The average molecular weight is 182 g/mol. The van der Waals surface area contributed by atoms with Crippen LogP contribution in [0.2, 0.25) is 0 Å². The van der Waals surface area contributed by atoms with E-state index in [1.54, 1.807) is 11.3 Å². The van der Waals surface area contributed by atoms with E-state index in [0.717, 1.165) is 4.88 Å². The van der Waals surface area contributed by atoms with Gasteiger partial charge in [0.15, 0.2) is 0 Å². The Hall–Kier alpha value is -1.09. The summed E-state index contributed by atoms with van der Waals surface area (Å²) in [7, 11) is 0. The van der Waals surface area contributed by atoms with Gasteiger partial charge in [-0.15, -0.1) is 17.9 Å². The summed E-state index contributed by atoms with van der Waals surface area (Å²) in [6.07, 6.45) is 2.03. The third-order valence-corrected chi connectivity index (χ3v) is 2.50. The molecule has 1 aromatic heterocycles. The second-order valence-electron chi connectivity index (χ2n) is 2.46. The SMILES string of the molecule is C=CC(Cc1cccs1)C(=O)O. The highest BCUT2D eigenvalue weighted by molar-refractivity contribution is 7.09. The molecule has 0 saturated carbocycles. The van der Waals surface area contributed by atoms with E-state index in [0.29, 0.717) is 6.42 Å². The molecule has 0 aliphatic heterocycles. The Balaban J connectivity index is 2.60. The highest BCUT2D eigenvalue weighted by Gasteiger charge is 2.13. The number of hydrogen-bond donors (Lipinski definition) is 1. The number of hydrogen-bond acceptors (Lipinski definition) is 2. The summed E-state index contributed by atoms with van der Waals surface area (Å²) >= 11 is 1.57. The van der Waals surface area contributed by atoms with Crippen LogP contribution in [0.3, 0.4) is 0 Å². The molecule has 1 unspecified atom stereocenters. The molecule has 12 heavy (non-hydrogen) atoms. The van der Waals surface area contributed by atoms with Crippen molar-refractivity contribution in [1.29, 1.82) is 0 Å². The van der Waals surface area contributed by atoms with E-state index in [9.17, 15) is 4.79 Å². The van der Waals surface area contributed by atoms with E-state index < -0.39 is 11.9 Å². The van der Waals surface area contributed by atoms with Gasteiger partial charge in [0.25, 0.3) is 0 Å². The summed E-state index contributed by atoms with van der Waals surface area (Å²) in [5.41, 5.74) is 0. The van der Waals surface area contributed by atoms with Gasteiger partial charge in [-0.1, -0.05) is 12.1 Å². The molecule has 1 heterocycles. The highest BCUT2D eigenvalue weighted by atomic mass is 32.1. The van der Waals surface area contributed by atoms with Crippen molar-refractivity contribution in [3.8, 4) is 0 Å². The van der Waals surface area contributed by atoms with Gasteiger partial charge in [0, 0.05) is 4.88 Å². The molecule has 0 aromatic carbocycles. The second kappa shape index (κ2) is 4.07. The predicted octanol–water partition coefficient (Wildman–Crippen LogP) is 2.18. The monoisotopic (exact) mass is 182 g/mol. The van der Waals surface area contributed by atoms with Gasteiger partial charge in [0.05, 0.1) is 5.92 Å². The summed E-state index contributed by atoms with van der Waals surface area (Å²) in [6.45, 7) is 3.49. The van der Waals surface area contributed by atoms with Gasteiger partial charge in [0.2, 0.25) is 0 Å². The van der Waals surface area contributed by atoms with Crippen molar-refractivity contribution in [1.82, 2.24) is 0 Å². The lowest BCUT2D eigenvalue weighted by atomic mass is 10.1. The zero-order valence-corrected chi connectivity index (χ0v) is 7.38. The largest absolute Gasteiger partial charge is 0.481 e. The van der Waals surface area contributed by atoms with Crippen molar-refractivity contribution in [2.75, 3.05) is 0 Å². The van der Waals surface area contributed by atoms with Crippen LogP contribution in [0.15, 0.2) is 30.2 Å². The number of carboxylic acids is 1. The van der Waals surface area contributed by atoms with E-state index in [2.05, 4.69) is 6.58 Å². The fourth-order valence-electron chi connectivity index (χ4n) is 0.917. The minimum Gasteiger partial charge on any atom is -0.481 e. The van der Waals surface area contributed by atoms with Crippen LogP contribution in [0, 0.1) is 5.92 Å². The number of rotatable bonds is 4. The molecule has 64 valence electrons. The van der Waals surface area contributed by atoms with Gasteiger partial charge < -0.3 is 5.11 Å². The first-order valence-electron chi connectivity index (χ1n) is 3.61. The average Bonchev–Trinajstić information content (AvgIpc) is 2.51. The molecule has 1 N–H and O–H groups in total. The molecule has 0 aliphatic rings. The van der Waals surface area contributed by atoms with E-state index in [1.165, 1.54) is 6.08 Å². The Morgan fingerprint density at radius 1 is 1.83 bits per heavy atom. The minimum absolute atomic E-state index is 0.455. The van der Waals surface area contributed by atoms with Gasteiger partial charge in [-0.3, -0.25) is 4.79 Å². The lowest BCUT2D eigenvalue weighted by Crippen LogP contribution is -2.12. The Morgan fingerprint density at radius 2 is 2.58 bits per heavy atom. The van der Waals surface area contributed by atoms with Crippen LogP contribution in [0.5, 0.6) is 0 Å². The van der Waals surface area contributed by atoms with Gasteiger partial charge in [0.1, 0.15) is 0 Å². The summed E-state index contributed by atoms with van der Waals surface area (Å²) in [6, 6.07) is 3.85. The maximum Gasteiger partial charge on any atom is 0.310 e. The maximum atomic E-state index is 10.6. The molecule has 1 aromatic rings. The molecule has 0 aliphatic carbocycles. The highest BCUT2D eigenvalue weighted by Crippen LogP contribution is 2.15. The summed E-state index contributed by atoms with van der Waals surface area (Å²) in [5.74, 6) is -1.26. The third kappa shape index (κ3) is 2.20. The van der Waals surface area contributed by atoms with Crippen LogP contribution >= 0.6 is 11.3 Å². The van der Waals surface area contributed by atoms with Gasteiger partial charge >= 0.3 is 5.97 Å². The van der Waals surface area contributed by atoms with Crippen molar-refractivity contribution in [2.45, 2.75) is 6.42 Å². The number of aliphatic carboxylic acids is 1. The Labute approximate surface area is 75.2 Å². The molecule has 0 amide bonds. The lowest BCUT2D eigenvalue weighted by molar-refractivity contribution is -0.139. The molecule has 1 atom stereocenters. The smallest absolute Gasteiger partial charge is 0.310 e. The van der Waals surface area contributed by atoms with E-state index >= 15 is 0 Å². The summed E-state index contributed by atoms with van der Waals surface area (Å²) in [4.78, 5) is 11.7. The van der Waals surface area contributed by atoms with Gasteiger partial charge in [-0.25, -0.2) is 0 Å². The quantitative estimate of drug-likeness (QED) is 0.724. The van der Waals surface area contributed by atoms with E-state index in [1.807, 2.05) is 17.5 Å². The first-order chi connectivity index (χ1) is 5.74. The Kier molecular flexibility index (Phi) is 3.05. The van der Waals surface area contributed by atoms with Crippen LogP contribution in [-0.2, 0) is 11.2 Å². The Morgan fingerprint density at radius 3 is 3.00 bits per heavy atom. The zero-order valence-electron chi connectivity index (χ0n) is 6.56. The third-order valence-electron chi connectivity index (χ3n) is 1.60. The predicted molar refractivity (Wildman–Crippen MR) is 49.3 cm³/mol. The molecule has 1 rings (SSSR count). The molecule has 0 spiro atoms. The number of carbonyl (C=O) groups is 1. The van der Waals surface area contributed by atoms with Crippen LogP contribution < -0.4 is 0 Å². The fourth-order valence-corrected chi connectivity index (χ4v) is 1.68.